The Morgan fingerprint density at radius 3 is 2.84 bits per heavy atom. The van der Waals surface area contributed by atoms with Gasteiger partial charge < -0.3 is 19.9 Å². The van der Waals surface area contributed by atoms with E-state index >= 15 is 0 Å². The molecule has 1 aromatic rings. The Hall–Kier alpha value is -1.60. The quantitative estimate of drug-likeness (QED) is 0.887. The molecule has 0 aliphatic carbocycles. The van der Waals surface area contributed by atoms with Gasteiger partial charge in [0.1, 0.15) is 0 Å². The van der Waals surface area contributed by atoms with Gasteiger partial charge in [-0.15, -0.1) is 0 Å². The first-order chi connectivity index (χ1) is 12.3. The minimum Gasteiger partial charge on any atom is -0.376 e. The van der Waals surface area contributed by atoms with Crippen LogP contribution in [0.5, 0.6) is 0 Å². The summed E-state index contributed by atoms with van der Waals surface area (Å²) < 4.78 is 7.52. The fraction of sp³-hybridized carbons (Fsp3) is 0.778. The van der Waals surface area contributed by atoms with Crippen LogP contribution < -0.4 is 5.32 Å². The molecule has 3 aliphatic rings. The zero-order chi connectivity index (χ0) is 17.1. The van der Waals surface area contributed by atoms with Gasteiger partial charge in [-0.2, -0.15) is 5.10 Å². The maximum absolute atomic E-state index is 12.7. The Kier molecular flexibility index (Phi) is 5.22. The monoisotopic (exact) mass is 347 g/mol. The molecule has 0 unspecified atom stereocenters. The number of hydrogen-bond donors (Lipinski definition) is 1. The SMILES string of the molecule is O=C(Nc1cnn(C[C@@H]2CCCO2)c1)N1CCC[C@@H]1CN1CCCC1. The number of urea groups is 1. The predicted octanol–water partition coefficient (Wildman–Crippen LogP) is 2.15. The summed E-state index contributed by atoms with van der Waals surface area (Å²) in [6.45, 7) is 5.85. The largest absolute Gasteiger partial charge is 0.376 e. The molecule has 0 spiro atoms. The Bertz CT molecular complexity index is 578. The van der Waals surface area contributed by atoms with Gasteiger partial charge in [0.25, 0.3) is 0 Å². The summed E-state index contributed by atoms with van der Waals surface area (Å²) in [5.74, 6) is 0. The van der Waals surface area contributed by atoms with Crippen molar-refractivity contribution in [3.8, 4) is 0 Å². The molecule has 1 N–H and O–H groups in total. The third-order valence-electron chi connectivity index (χ3n) is 5.60. The van der Waals surface area contributed by atoms with Crippen LogP contribution in [0.25, 0.3) is 0 Å². The van der Waals surface area contributed by atoms with Crippen LogP contribution in [-0.2, 0) is 11.3 Å². The van der Waals surface area contributed by atoms with E-state index in [1.807, 2.05) is 15.8 Å². The van der Waals surface area contributed by atoms with E-state index in [-0.39, 0.29) is 12.1 Å². The van der Waals surface area contributed by atoms with Crippen LogP contribution in [0.1, 0.15) is 38.5 Å². The van der Waals surface area contributed by atoms with E-state index in [1.165, 1.54) is 25.9 Å². The smallest absolute Gasteiger partial charge is 0.322 e. The molecule has 3 fully saturated rings. The van der Waals surface area contributed by atoms with Crippen LogP contribution in [0.4, 0.5) is 10.5 Å². The van der Waals surface area contributed by atoms with Gasteiger partial charge in [-0.1, -0.05) is 0 Å². The molecule has 0 radical (unpaired) electrons. The molecule has 3 saturated heterocycles. The number of amides is 2. The lowest BCUT2D eigenvalue weighted by atomic mass is 10.2. The number of nitrogens with one attached hydrogen (secondary N) is 1. The lowest BCUT2D eigenvalue weighted by molar-refractivity contribution is 0.0940. The molecule has 3 aliphatic heterocycles. The second-order valence-corrected chi connectivity index (χ2v) is 7.51. The predicted molar refractivity (Wildman–Crippen MR) is 95.6 cm³/mol. The molecule has 0 bridgehead atoms. The summed E-state index contributed by atoms with van der Waals surface area (Å²) in [5.41, 5.74) is 0.773. The number of nitrogens with zero attached hydrogens (tertiary/aromatic N) is 4. The average molecular weight is 347 g/mol. The van der Waals surface area contributed by atoms with Crippen LogP contribution in [0.3, 0.4) is 0 Å². The lowest BCUT2D eigenvalue weighted by Gasteiger charge is -2.28. The molecule has 25 heavy (non-hydrogen) atoms. The van der Waals surface area contributed by atoms with Crippen LogP contribution >= 0.6 is 0 Å². The second-order valence-electron chi connectivity index (χ2n) is 7.51. The Labute approximate surface area is 149 Å². The molecule has 7 nitrogen and oxygen atoms in total. The number of anilines is 1. The first-order valence-electron chi connectivity index (χ1n) is 9.72. The van der Waals surface area contributed by atoms with Crippen molar-refractivity contribution in [2.45, 2.75) is 57.2 Å². The molecule has 0 saturated carbocycles. The average Bonchev–Trinajstić information content (AvgIpc) is 3.36. The van der Waals surface area contributed by atoms with Crippen LogP contribution in [-0.4, -0.2) is 70.5 Å². The van der Waals surface area contributed by atoms with Gasteiger partial charge in [0.15, 0.2) is 0 Å². The number of aromatic nitrogens is 2. The number of hydrogen-bond acceptors (Lipinski definition) is 4. The Balaban J connectivity index is 1.30. The van der Waals surface area contributed by atoms with Gasteiger partial charge >= 0.3 is 6.03 Å². The second kappa shape index (κ2) is 7.74. The van der Waals surface area contributed by atoms with Crippen molar-refractivity contribution >= 4 is 11.7 Å². The zero-order valence-electron chi connectivity index (χ0n) is 14.9. The number of rotatable bonds is 5. The summed E-state index contributed by atoms with van der Waals surface area (Å²) in [4.78, 5) is 17.2. The van der Waals surface area contributed by atoms with Crippen molar-refractivity contribution in [3.63, 3.8) is 0 Å². The molecule has 7 heteroatoms. The van der Waals surface area contributed by atoms with Crippen molar-refractivity contribution in [1.82, 2.24) is 19.6 Å². The van der Waals surface area contributed by atoms with Crippen molar-refractivity contribution < 1.29 is 9.53 Å². The summed E-state index contributed by atoms with van der Waals surface area (Å²) in [6.07, 6.45) is 10.9. The molecule has 2 atom stereocenters. The highest BCUT2D eigenvalue weighted by Gasteiger charge is 2.31. The van der Waals surface area contributed by atoms with Crippen molar-refractivity contribution in [2.75, 3.05) is 38.1 Å². The molecular formula is C18H29N5O2. The van der Waals surface area contributed by atoms with Gasteiger partial charge in [0.2, 0.25) is 0 Å². The molecule has 2 amide bonds. The van der Waals surface area contributed by atoms with Crippen molar-refractivity contribution in [2.24, 2.45) is 0 Å². The summed E-state index contributed by atoms with van der Waals surface area (Å²) in [5, 5.41) is 7.39. The van der Waals surface area contributed by atoms with Gasteiger partial charge in [-0.25, -0.2) is 4.79 Å². The third-order valence-corrected chi connectivity index (χ3v) is 5.60. The highest BCUT2D eigenvalue weighted by molar-refractivity contribution is 5.89. The van der Waals surface area contributed by atoms with E-state index < -0.39 is 0 Å². The molecule has 4 rings (SSSR count). The maximum Gasteiger partial charge on any atom is 0.322 e. The van der Waals surface area contributed by atoms with Crippen molar-refractivity contribution in [1.29, 1.82) is 0 Å². The van der Waals surface area contributed by atoms with Crippen LogP contribution in [0, 0.1) is 0 Å². The standard InChI is InChI=1S/C18H29N5O2/c24-18(23-9-3-5-16(23)13-21-7-1-2-8-21)20-15-11-19-22(12-15)14-17-6-4-10-25-17/h11-12,16-17H,1-10,13-14H2,(H,20,24)/t16-,17+/m1/s1. The number of carbonyl (C=O) groups excluding carboxylic acids is 1. The lowest BCUT2D eigenvalue weighted by Crippen LogP contribution is -2.44. The summed E-state index contributed by atoms with van der Waals surface area (Å²) in [6, 6.07) is 0.360. The minimum atomic E-state index is 0.0124. The number of carbonyl (C=O) groups is 1. The molecule has 4 heterocycles. The van der Waals surface area contributed by atoms with Gasteiger partial charge in [0.05, 0.1) is 24.5 Å². The van der Waals surface area contributed by atoms with Gasteiger partial charge in [-0.3, -0.25) is 4.68 Å². The van der Waals surface area contributed by atoms with E-state index in [0.29, 0.717) is 6.04 Å². The van der Waals surface area contributed by atoms with E-state index in [1.54, 1.807) is 6.20 Å². The number of ether oxygens (including phenoxy) is 1. The maximum atomic E-state index is 12.7. The highest BCUT2D eigenvalue weighted by atomic mass is 16.5. The molecule has 138 valence electrons. The van der Waals surface area contributed by atoms with Gasteiger partial charge in [-0.05, 0) is 51.6 Å². The van der Waals surface area contributed by atoms with E-state index in [2.05, 4.69) is 15.3 Å². The Morgan fingerprint density at radius 2 is 2.04 bits per heavy atom. The first-order valence-corrected chi connectivity index (χ1v) is 9.72. The van der Waals surface area contributed by atoms with E-state index in [9.17, 15) is 4.79 Å². The normalized spacial score (nSPS) is 27.3. The molecular weight excluding hydrogens is 318 g/mol. The summed E-state index contributed by atoms with van der Waals surface area (Å²) in [7, 11) is 0. The first kappa shape index (κ1) is 16.8. The van der Waals surface area contributed by atoms with E-state index in [0.717, 1.165) is 57.6 Å². The topological polar surface area (TPSA) is 62.6 Å². The van der Waals surface area contributed by atoms with Crippen LogP contribution in [0.15, 0.2) is 12.4 Å². The highest BCUT2D eigenvalue weighted by Crippen LogP contribution is 2.22. The van der Waals surface area contributed by atoms with Crippen LogP contribution in [0.2, 0.25) is 0 Å². The van der Waals surface area contributed by atoms with Gasteiger partial charge in [0, 0.05) is 31.9 Å². The third kappa shape index (κ3) is 4.15. The zero-order valence-corrected chi connectivity index (χ0v) is 14.9. The van der Waals surface area contributed by atoms with E-state index in [4.69, 9.17) is 4.74 Å². The molecule has 1 aromatic heterocycles. The molecule has 0 aromatic carbocycles. The number of likely N-dealkylation sites (tertiary alicyclic amines) is 2. The van der Waals surface area contributed by atoms with Crippen molar-refractivity contribution in [3.05, 3.63) is 12.4 Å². The Morgan fingerprint density at radius 1 is 1.16 bits per heavy atom. The fourth-order valence-corrected chi connectivity index (χ4v) is 4.28. The fourth-order valence-electron chi connectivity index (χ4n) is 4.28. The minimum absolute atomic E-state index is 0.0124. The summed E-state index contributed by atoms with van der Waals surface area (Å²) >= 11 is 0.